The number of nitrogens with zero attached hydrogens (tertiary/aromatic N) is 2. The maximum Gasteiger partial charge on any atom is 0.323 e. The lowest BCUT2D eigenvalue weighted by Gasteiger charge is -2.26. The fourth-order valence-corrected chi connectivity index (χ4v) is 5.11. The zero-order valence-corrected chi connectivity index (χ0v) is 25.6. The van der Waals surface area contributed by atoms with Crippen LogP contribution in [0.2, 0.25) is 0 Å². The summed E-state index contributed by atoms with van der Waals surface area (Å²) in [7, 11) is 1.91. The maximum atomic E-state index is 13.7. The van der Waals surface area contributed by atoms with Crippen molar-refractivity contribution in [3.05, 3.63) is 89.7 Å². The molecule has 0 fully saturated rings. The van der Waals surface area contributed by atoms with Crippen LogP contribution < -0.4 is 14.2 Å². The average Bonchev–Trinajstić information content (AvgIpc) is 2.95. The summed E-state index contributed by atoms with van der Waals surface area (Å²) in [4.78, 5) is 15.6. The molecule has 2 aromatic carbocycles. The lowest BCUT2D eigenvalue weighted by Crippen LogP contribution is -2.42. The Kier molecular flexibility index (Phi) is 12.7. The van der Waals surface area contributed by atoms with E-state index in [9.17, 15) is 4.79 Å². The van der Waals surface area contributed by atoms with Crippen LogP contribution in [0.4, 0.5) is 5.69 Å². The Hall–Kier alpha value is -3.14. The van der Waals surface area contributed by atoms with E-state index >= 15 is 0 Å². The fourth-order valence-electron chi connectivity index (χ4n) is 5.11. The topological polar surface area (TPSA) is 33.4 Å². The maximum absolute atomic E-state index is 13.7. The average molecular weight is 544 g/mol. The number of aromatic nitrogens is 1. The highest BCUT2D eigenvalue weighted by Crippen LogP contribution is 2.33. The number of amides is 1. The first-order valence-electron chi connectivity index (χ1n) is 15.4. The molecule has 216 valence electrons. The van der Waals surface area contributed by atoms with E-state index in [1.165, 1.54) is 63.4 Å². The highest BCUT2D eigenvalue weighted by atomic mass is 16.5. The third-order valence-corrected chi connectivity index (χ3v) is 7.54. The molecule has 0 unspecified atom stereocenters. The van der Waals surface area contributed by atoms with E-state index in [1.807, 2.05) is 71.2 Å². The molecule has 3 aromatic rings. The summed E-state index contributed by atoms with van der Waals surface area (Å²) in [5.74, 6) is 0.937. The molecule has 0 N–H and O–H groups in total. The molecule has 0 atom stereocenters. The van der Waals surface area contributed by atoms with Crippen molar-refractivity contribution < 1.29 is 14.1 Å². The van der Waals surface area contributed by atoms with Crippen molar-refractivity contribution in [2.24, 2.45) is 7.05 Å². The normalized spacial score (nSPS) is 11.4. The van der Waals surface area contributed by atoms with Gasteiger partial charge in [-0.25, -0.2) is 0 Å². The largest absolute Gasteiger partial charge is 0.493 e. The zero-order chi connectivity index (χ0) is 28.8. The Morgan fingerprint density at radius 3 is 2.05 bits per heavy atom. The van der Waals surface area contributed by atoms with Gasteiger partial charge in [-0.05, 0) is 53.3 Å². The molecule has 1 aromatic heterocycles. The molecule has 0 spiro atoms. The molecule has 0 aliphatic heterocycles. The number of anilines is 1. The second-order valence-corrected chi connectivity index (χ2v) is 12.0. The Balaban J connectivity index is 1.64. The van der Waals surface area contributed by atoms with Crippen molar-refractivity contribution in [1.82, 2.24) is 0 Å². The zero-order valence-electron chi connectivity index (χ0n) is 25.6. The minimum atomic E-state index is -0.0728. The first kappa shape index (κ1) is 31.4. The number of aryl methyl sites for hydroxylation is 1. The fraction of sp³-hybridized carbons (Fsp3) is 0.500. The molecule has 4 heteroatoms. The molecule has 0 saturated heterocycles. The van der Waals surface area contributed by atoms with Gasteiger partial charge in [0.15, 0.2) is 6.20 Å². The number of pyridine rings is 1. The molecule has 40 heavy (non-hydrogen) atoms. The highest BCUT2D eigenvalue weighted by molar-refractivity contribution is 6.03. The van der Waals surface area contributed by atoms with Crippen LogP contribution >= 0.6 is 0 Å². The van der Waals surface area contributed by atoms with E-state index < -0.39 is 0 Å². The smallest absolute Gasteiger partial charge is 0.323 e. The van der Waals surface area contributed by atoms with Gasteiger partial charge in [0, 0.05) is 17.8 Å². The summed E-state index contributed by atoms with van der Waals surface area (Å²) in [6, 6.07) is 22.1. The Morgan fingerprint density at radius 2 is 1.43 bits per heavy atom. The quantitative estimate of drug-likeness (QED) is 0.133. The van der Waals surface area contributed by atoms with Gasteiger partial charge in [-0.15, -0.1) is 0 Å². The number of unbranched alkanes of at least 4 members (excludes halogenated alkanes) is 9. The molecule has 0 radical (unpaired) electrons. The van der Waals surface area contributed by atoms with Gasteiger partial charge in [0.05, 0.1) is 13.2 Å². The lowest BCUT2D eigenvalue weighted by molar-refractivity contribution is -0.673. The van der Waals surface area contributed by atoms with Crippen LogP contribution in [0, 0.1) is 0 Å². The van der Waals surface area contributed by atoms with Crippen LogP contribution in [0.3, 0.4) is 0 Å². The Bertz CT molecular complexity index is 1170. The lowest BCUT2D eigenvalue weighted by atomic mass is 9.85. The molecular weight excluding hydrogens is 492 g/mol. The van der Waals surface area contributed by atoms with Crippen LogP contribution in [0.5, 0.6) is 5.75 Å². The van der Waals surface area contributed by atoms with E-state index in [0.29, 0.717) is 12.2 Å². The van der Waals surface area contributed by atoms with Crippen LogP contribution in [-0.4, -0.2) is 12.5 Å². The molecule has 1 heterocycles. The number of hydrogen-bond donors (Lipinski definition) is 0. The molecule has 1 amide bonds. The second-order valence-electron chi connectivity index (χ2n) is 12.0. The summed E-state index contributed by atoms with van der Waals surface area (Å²) in [6.45, 7) is 10.2. The Labute approximate surface area is 243 Å². The predicted molar refractivity (Wildman–Crippen MR) is 167 cm³/mol. The standard InChI is InChI=1S/C36H51N2O2/c1-6-7-8-9-10-11-12-13-14-20-27-40-34-25-24-30(28-32(34)36(2,3)4)29-38(31-21-16-15-17-22-31)35(39)33-23-18-19-26-37(33)5/h15-19,21-26,28H,6-14,20,27,29H2,1-5H3/q+1. The number of hydrogen-bond acceptors (Lipinski definition) is 2. The van der Waals surface area contributed by atoms with Crippen molar-refractivity contribution in [2.45, 2.75) is 104 Å². The van der Waals surface area contributed by atoms with Gasteiger partial charge in [-0.1, -0.05) is 110 Å². The molecule has 3 rings (SSSR count). The summed E-state index contributed by atoms with van der Waals surface area (Å²) < 4.78 is 8.21. The Morgan fingerprint density at radius 1 is 0.800 bits per heavy atom. The van der Waals surface area contributed by atoms with E-state index in [4.69, 9.17) is 4.74 Å². The summed E-state index contributed by atoms with van der Waals surface area (Å²) in [5.41, 5.74) is 3.74. The van der Waals surface area contributed by atoms with E-state index in [-0.39, 0.29) is 11.3 Å². The van der Waals surface area contributed by atoms with Gasteiger partial charge < -0.3 is 4.74 Å². The van der Waals surface area contributed by atoms with Crippen molar-refractivity contribution in [2.75, 3.05) is 11.5 Å². The summed E-state index contributed by atoms with van der Waals surface area (Å²) >= 11 is 0. The van der Waals surface area contributed by atoms with Crippen LogP contribution in [-0.2, 0) is 19.0 Å². The van der Waals surface area contributed by atoms with Gasteiger partial charge in [0.25, 0.3) is 5.69 Å². The van der Waals surface area contributed by atoms with Crippen molar-refractivity contribution in [1.29, 1.82) is 0 Å². The predicted octanol–water partition coefficient (Wildman–Crippen LogP) is 8.96. The van der Waals surface area contributed by atoms with Crippen molar-refractivity contribution in [3.63, 3.8) is 0 Å². The first-order valence-corrected chi connectivity index (χ1v) is 15.4. The molecule has 0 aliphatic rings. The number of carbonyl (C=O) groups is 1. The number of rotatable bonds is 16. The van der Waals surface area contributed by atoms with Crippen LogP contribution in [0.25, 0.3) is 0 Å². The number of carbonyl (C=O) groups excluding carboxylic acids is 1. The van der Waals surface area contributed by atoms with E-state index in [1.54, 1.807) is 0 Å². The van der Waals surface area contributed by atoms with Gasteiger partial charge in [0.2, 0.25) is 0 Å². The minimum Gasteiger partial charge on any atom is -0.493 e. The molecule has 0 bridgehead atoms. The van der Waals surface area contributed by atoms with Gasteiger partial charge in [-0.2, -0.15) is 4.57 Å². The van der Waals surface area contributed by atoms with Crippen molar-refractivity contribution in [3.8, 4) is 5.75 Å². The third-order valence-electron chi connectivity index (χ3n) is 7.54. The SMILES string of the molecule is CCCCCCCCCCCCOc1ccc(CN(C(=O)c2cccc[n+]2C)c2ccccc2)cc1C(C)(C)C. The molecule has 0 aliphatic carbocycles. The van der Waals surface area contributed by atoms with E-state index in [2.05, 4.69) is 45.9 Å². The van der Waals surface area contributed by atoms with Gasteiger partial charge in [-0.3, -0.25) is 9.69 Å². The summed E-state index contributed by atoms with van der Waals surface area (Å²) in [6.07, 6.45) is 15.1. The van der Waals surface area contributed by atoms with Gasteiger partial charge >= 0.3 is 5.91 Å². The number of para-hydroxylation sites is 1. The monoisotopic (exact) mass is 543 g/mol. The highest BCUT2D eigenvalue weighted by Gasteiger charge is 2.26. The van der Waals surface area contributed by atoms with Crippen molar-refractivity contribution >= 4 is 11.6 Å². The first-order chi connectivity index (χ1) is 19.3. The third kappa shape index (κ3) is 9.80. The summed E-state index contributed by atoms with van der Waals surface area (Å²) in [5, 5.41) is 0. The van der Waals surface area contributed by atoms with Gasteiger partial charge in [0.1, 0.15) is 12.8 Å². The molecular formula is C36H51N2O2+. The number of ether oxygens (including phenoxy) is 1. The van der Waals surface area contributed by atoms with Crippen LogP contribution in [0.1, 0.15) is 114 Å². The van der Waals surface area contributed by atoms with Crippen LogP contribution in [0.15, 0.2) is 72.9 Å². The minimum absolute atomic E-state index is 0.0205. The van der Waals surface area contributed by atoms with E-state index in [0.717, 1.165) is 30.0 Å². The number of benzene rings is 2. The second kappa shape index (κ2) is 16.2. The molecule has 4 nitrogen and oxygen atoms in total. The molecule has 0 saturated carbocycles.